The van der Waals surface area contributed by atoms with Crippen LogP contribution in [0.25, 0.3) is 10.2 Å². The zero-order chi connectivity index (χ0) is 22.4. The van der Waals surface area contributed by atoms with Crippen LogP contribution < -0.4 is 9.54 Å². The van der Waals surface area contributed by atoms with Gasteiger partial charge in [0.05, 0.1) is 21.7 Å². The lowest BCUT2D eigenvalue weighted by Crippen LogP contribution is -2.16. The molecule has 1 heterocycles. The van der Waals surface area contributed by atoms with Crippen LogP contribution in [-0.4, -0.2) is 31.8 Å². The van der Waals surface area contributed by atoms with Gasteiger partial charge in [-0.05, 0) is 49.2 Å². The number of rotatable bonds is 9. The van der Waals surface area contributed by atoms with Gasteiger partial charge < -0.3 is 9.30 Å². The van der Waals surface area contributed by atoms with Gasteiger partial charge in [-0.15, -0.1) is 0 Å². The lowest BCUT2D eigenvalue weighted by atomic mass is 10.2. The highest BCUT2D eigenvalue weighted by molar-refractivity contribution is 7.90. The molecule has 1 amide bonds. The molecule has 0 spiro atoms. The molecule has 0 unspecified atom stereocenters. The van der Waals surface area contributed by atoms with Crippen molar-refractivity contribution in [2.24, 2.45) is 4.99 Å². The van der Waals surface area contributed by atoms with Crippen LogP contribution in [0.4, 0.5) is 0 Å². The summed E-state index contributed by atoms with van der Waals surface area (Å²) in [6.45, 7) is 5.50. The van der Waals surface area contributed by atoms with Crippen LogP contribution in [-0.2, 0) is 16.4 Å². The summed E-state index contributed by atoms with van der Waals surface area (Å²) in [5, 5.41) is 0. The third-order valence-electron chi connectivity index (χ3n) is 4.82. The largest absolute Gasteiger partial charge is 0.494 e. The van der Waals surface area contributed by atoms with Gasteiger partial charge in [-0.3, -0.25) is 4.79 Å². The fourth-order valence-corrected chi connectivity index (χ4v) is 5.04. The van der Waals surface area contributed by atoms with E-state index in [1.54, 1.807) is 36.4 Å². The topological polar surface area (TPSA) is 77.7 Å². The molecule has 1 aromatic heterocycles. The number of carbonyl (C=O) groups is 1. The van der Waals surface area contributed by atoms with Crippen molar-refractivity contribution in [3.8, 4) is 5.75 Å². The molecule has 0 bridgehead atoms. The summed E-state index contributed by atoms with van der Waals surface area (Å²) in [5.74, 6) is 0.312. The summed E-state index contributed by atoms with van der Waals surface area (Å²) in [6, 6.07) is 12.1. The molecule has 0 saturated carbocycles. The van der Waals surface area contributed by atoms with E-state index in [-0.39, 0.29) is 10.8 Å². The van der Waals surface area contributed by atoms with Gasteiger partial charge in [0.15, 0.2) is 14.6 Å². The van der Waals surface area contributed by atoms with E-state index >= 15 is 0 Å². The Balaban J connectivity index is 1.95. The molecule has 2 aromatic carbocycles. The van der Waals surface area contributed by atoms with Gasteiger partial charge in [0.1, 0.15) is 5.75 Å². The molecule has 0 atom stereocenters. The van der Waals surface area contributed by atoms with E-state index < -0.39 is 9.84 Å². The summed E-state index contributed by atoms with van der Waals surface area (Å²) in [6.07, 6.45) is 5.27. The zero-order valence-electron chi connectivity index (χ0n) is 18.1. The number of hydrogen-bond acceptors (Lipinski definition) is 5. The quantitative estimate of drug-likeness (QED) is 0.429. The Morgan fingerprint density at radius 1 is 1.10 bits per heavy atom. The lowest BCUT2D eigenvalue weighted by molar-refractivity contribution is 0.0997. The predicted molar refractivity (Wildman–Crippen MR) is 125 cm³/mol. The molecular weight excluding hydrogens is 432 g/mol. The minimum absolute atomic E-state index is 0.260. The van der Waals surface area contributed by atoms with Crippen LogP contribution in [0, 0.1) is 0 Å². The summed E-state index contributed by atoms with van der Waals surface area (Å²) in [5.41, 5.74) is 1.34. The maximum absolute atomic E-state index is 12.9. The SMILES string of the molecule is CCCCCOc1cccc(C(=O)N=c2sc3cc(S(C)(=O)=O)ccc3n2CCC)c1. The van der Waals surface area contributed by atoms with E-state index in [1.165, 1.54) is 17.6 Å². The third kappa shape index (κ3) is 5.83. The first-order valence-corrected chi connectivity index (χ1v) is 13.2. The number of thiazole rings is 1. The van der Waals surface area contributed by atoms with E-state index in [0.717, 1.165) is 35.9 Å². The van der Waals surface area contributed by atoms with Crippen LogP contribution in [0.1, 0.15) is 49.9 Å². The van der Waals surface area contributed by atoms with Crippen LogP contribution in [0.2, 0.25) is 0 Å². The molecular formula is C23H28N2O4S2. The number of carbonyl (C=O) groups excluding carboxylic acids is 1. The molecule has 0 aliphatic rings. The van der Waals surface area contributed by atoms with E-state index in [2.05, 4.69) is 11.9 Å². The maximum atomic E-state index is 12.9. The van der Waals surface area contributed by atoms with Gasteiger partial charge in [-0.1, -0.05) is 44.1 Å². The van der Waals surface area contributed by atoms with Crippen LogP contribution >= 0.6 is 11.3 Å². The molecule has 0 N–H and O–H groups in total. The van der Waals surface area contributed by atoms with E-state index in [4.69, 9.17) is 4.74 Å². The number of fused-ring (bicyclic) bond motifs is 1. The summed E-state index contributed by atoms with van der Waals surface area (Å²) in [4.78, 5) is 18.1. The maximum Gasteiger partial charge on any atom is 0.279 e. The highest BCUT2D eigenvalue weighted by Gasteiger charge is 2.13. The number of sulfone groups is 1. The molecule has 3 aromatic rings. The minimum Gasteiger partial charge on any atom is -0.494 e. The van der Waals surface area contributed by atoms with E-state index in [9.17, 15) is 13.2 Å². The van der Waals surface area contributed by atoms with Crippen molar-refractivity contribution in [3.05, 3.63) is 52.8 Å². The van der Waals surface area contributed by atoms with Gasteiger partial charge in [-0.2, -0.15) is 4.99 Å². The van der Waals surface area contributed by atoms with Crippen molar-refractivity contribution < 1.29 is 17.9 Å². The first-order chi connectivity index (χ1) is 14.8. The monoisotopic (exact) mass is 460 g/mol. The molecule has 0 fully saturated rings. The molecule has 6 nitrogen and oxygen atoms in total. The molecule has 8 heteroatoms. The first kappa shape index (κ1) is 23.2. The van der Waals surface area contributed by atoms with E-state index in [0.29, 0.717) is 29.3 Å². The Labute approximate surface area is 187 Å². The molecule has 0 aliphatic carbocycles. The number of aryl methyl sites for hydroxylation is 1. The van der Waals surface area contributed by atoms with Crippen molar-refractivity contribution in [2.75, 3.05) is 12.9 Å². The van der Waals surface area contributed by atoms with Crippen molar-refractivity contribution in [3.63, 3.8) is 0 Å². The second-order valence-electron chi connectivity index (χ2n) is 7.44. The first-order valence-electron chi connectivity index (χ1n) is 10.5. The predicted octanol–water partition coefficient (Wildman–Crippen LogP) is 4.83. The highest BCUT2D eigenvalue weighted by atomic mass is 32.2. The van der Waals surface area contributed by atoms with Gasteiger partial charge in [0, 0.05) is 18.4 Å². The second kappa shape index (κ2) is 10.2. The zero-order valence-corrected chi connectivity index (χ0v) is 19.8. The van der Waals surface area contributed by atoms with Gasteiger partial charge >= 0.3 is 0 Å². The number of unbranched alkanes of at least 4 members (excludes halogenated alkanes) is 2. The normalized spacial score (nSPS) is 12.4. The van der Waals surface area contributed by atoms with Crippen LogP contribution in [0.15, 0.2) is 52.4 Å². The Bertz CT molecular complexity index is 1240. The molecule has 31 heavy (non-hydrogen) atoms. The number of nitrogens with zero attached hydrogens (tertiary/aromatic N) is 2. The average molecular weight is 461 g/mol. The Kier molecular flexibility index (Phi) is 7.67. The van der Waals surface area contributed by atoms with Crippen LogP contribution in [0.5, 0.6) is 5.75 Å². The van der Waals surface area contributed by atoms with Crippen LogP contribution in [0.3, 0.4) is 0 Å². The Morgan fingerprint density at radius 2 is 1.90 bits per heavy atom. The fourth-order valence-electron chi connectivity index (χ4n) is 3.22. The number of ether oxygens (including phenoxy) is 1. The van der Waals surface area contributed by atoms with Crippen molar-refractivity contribution in [1.82, 2.24) is 4.57 Å². The molecule has 166 valence electrons. The summed E-state index contributed by atoms with van der Waals surface area (Å²) >= 11 is 1.32. The van der Waals surface area contributed by atoms with Crippen molar-refractivity contribution in [1.29, 1.82) is 0 Å². The van der Waals surface area contributed by atoms with Gasteiger partial charge in [0.2, 0.25) is 0 Å². The average Bonchev–Trinajstić information content (AvgIpc) is 3.07. The Hall–Kier alpha value is -2.45. The molecule has 0 saturated heterocycles. The van der Waals surface area contributed by atoms with Crippen molar-refractivity contribution >= 4 is 37.3 Å². The van der Waals surface area contributed by atoms with E-state index in [1.807, 2.05) is 17.6 Å². The Morgan fingerprint density at radius 3 is 2.61 bits per heavy atom. The third-order valence-corrected chi connectivity index (χ3v) is 6.98. The van der Waals surface area contributed by atoms with Gasteiger partial charge in [0.25, 0.3) is 5.91 Å². The smallest absolute Gasteiger partial charge is 0.279 e. The standard InChI is InChI=1S/C23H28N2O4S2/c1-4-6-7-14-29-18-10-8-9-17(15-18)22(26)24-23-25(13-5-2)20-12-11-19(31(3,27)28)16-21(20)30-23/h8-12,15-16H,4-7,13-14H2,1-3H3. The number of hydrogen-bond donors (Lipinski definition) is 0. The second-order valence-corrected chi connectivity index (χ2v) is 10.5. The minimum atomic E-state index is -3.31. The molecule has 0 radical (unpaired) electrons. The lowest BCUT2D eigenvalue weighted by Gasteiger charge is -2.06. The summed E-state index contributed by atoms with van der Waals surface area (Å²) < 4.78 is 32.3. The number of aromatic nitrogens is 1. The van der Waals surface area contributed by atoms with Crippen molar-refractivity contribution in [2.45, 2.75) is 51.0 Å². The number of amides is 1. The molecule has 3 rings (SSSR count). The highest BCUT2D eigenvalue weighted by Crippen LogP contribution is 2.22. The molecule has 0 aliphatic heterocycles. The van der Waals surface area contributed by atoms with Gasteiger partial charge in [-0.25, -0.2) is 8.42 Å². The summed E-state index contributed by atoms with van der Waals surface area (Å²) in [7, 11) is -3.31. The number of benzene rings is 2. The fraction of sp³-hybridized carbons (Fsp3) is 0.391.